The highest BCUT2D eigenvalue weighted by atomic mass is 32.1. The van der Waals surface area contributed by atoms with Crippen molar-refractivity contribution in [1.82, 2.24) is 39.0 Å². The fourth-order valence-electron chi connectivity index (χ4n) is 20.1. The Kier molecular flexibility index (Phi) is 19.5. The maximum Gasteiger partial charge on any atom is 0.164 e. The Balaban J connectivity index is 0.591. The number of aromatic nitrogens is 8. The molecule has 136 heavy (non-hydrogen) atoms. The third-order valence-electron chi connectivity index (χ3n) is 26.7. The van der Waals surface area contributed by atoms with Gasteiger partial charge in [-0.05, 0) is 139 Å². The van der Waals surface area contributed by atoms with Gasteiger partial charge in [0, 0.05) is 113 Å². The average molecular weight is 1770 g/mol. The van der Waals surface area contributed by atoms with Gasteiger partial charge in [-0.3, -0.25) is 0 Å². The molecule has 0 saturated carbocycles. The molecule has 6 heterocycles. The fourth-order valence-corrected chi connectivity index (χ4v) is 22.4. The van der Waals surface area contributed by atoms with E-state index in [0.717, 1.165) is 161 Å². The number of hydrogen-bond donors (Lipinski definition) is 0. The van der Waals surface area contributed by atoms with E-state index in [0.29, 0.717) is 34.9 Å². The van der Waals surface area contributed by atoms with Crippen molar-refractivity contribution in [3.8, 4) is 180 Å². The Bertz CT molecular complexity index is 9010. The zero-order chi connectivity index (χ0) is 89.7. The number of thiophene rings is 2. The summed E-state index contributed by atoms with van der Waals surface area (Å²) < 4.78 is 10.1. The molecular formula is C126H78N8S2. The molecule has 0 atom stereocenters. The summed E-state index contributed by atoms with van der Waals surface area (Å²) in [5.74, 6) is 3.53. The normalized spacial score (nSPS) is 11.7. The Labute approximate surface area is 792 Å². The van der Waals surface area contributed by atoms with E-state index in [1.807, 2.05) is 95.5 Å². The van der Waals surface area contributed by atoms with Crippen molar-refractivity contribution in [2.75, 3.05) is 0 Å². The number of fused-ring (bicyclic) bond motifs is 14. The minimum Gasteiger partial charge on any atom is -0.308 e. The van der Waals surface area contributed by atoms with Crippen molar-refractivity contribution in [3.63, 3.8) is 0 Å². The predicted molar refractivity (Wildman–Crippen MR) is 569 cm³/mol. The average Bonchev–Trinajstić information content (AvgIpc) is 1.55. The SMILES string of the molecule is c1ccc(-c2ccc(-c3cc(-c4nc(-c5ccccc5)nc(-c5ccccc5)n4)cc(-c4ccc(-c5ccc(-c6ccc(-c7ccc(-c8cc(-c9nc(-c%10ccccc%10)nc(-c%10ccccc%10)n9)cc(-c9ccc(-c%10ccccc%10)cc9)c8-n8c9ccccc9c9ccc%10c%11ccccc%11sc%10c98)cc7)cc6)cc5)cc4)c3-n3c4ccccc4c4c5c(ccc43)sc3ccccc35)cc2)cc1. The van der Waals surface area contributed by atoms with Gasteiger partial charge in [0.2, 0.25) is 0 Å². The van der Waals surface area contributed by atoms with E-state index >= 15 is 0 Å². The Morgan fingerprint density at radius 1 is 0.154 bits per heavy atom. The lowest BCUT2D eigenvalue weighted by Gasteiger charge is -2.21. The van der Waals surface area contributed by atoms with E-state index in [1.165, 1.54) is 67.4 Å². The van der Waals surface area contributed by atoms with E-state index in [4.69, 9.17) is 29.9 Å². The zero-order valence-electron chi connectivity index (χ0n) is 73.4. The highest BCUT2D eigenvalue weighted by molar-refractivity contribution is 7.27. The molecule has 634 valence electrons. The maximum atomic E-state index is 5.44. The molecule has 0 aliphatic heterocycles. The molecule has 0 spiro atoms. The molecule has 0 amide bonds. The Morgan fingerprint density at radius 2 is 0.426 bits per heavy atom. The highest BCUT2D eigenvalue weighted by Crippen LogP contribution is 2.52. The van der Waals surface area contributed by atoms with Crippen LogP contribution in [-0.2, 0) is 0 Å². The van der Waals surface area contributed by atoms with Gasteiger partial charge in [-0.25, -0.2) is 29.9 Å². The van der Waals surface area contributed by atoms with E-state index < -0.39 is 0 Å². The van der Waals surface area contributed by atoms with Gasteiger partial charge in [-0.1, -0.05) is 413 Å². The maximum absolute atomic E-state index is 5.44. The molecule has 26 aromatic rings. The second-order valence-corrected chi connectivity index (χ2v) is 36.8. The summed E-state index contributed by atoms with van der Waals surface area (Å²) in [6.07, 6.45) is 0. The molecule has 8 nitrogen and oxygen atoms in total. The van der Waals surface area contributed by atoms with E-state index in [-0.39, 0.29) is 0 Å². The molecule has 0 N–H and O–H groups in total. The molecule has 0 aliphatic carbocycles. The van der Waals surface area contributed by atoms with Crippen LogP contribution in [-0.4, -0.2) is 39.0 Å². The second-order valence-electron chi connectivity index (χ2n) is 34.7. The summed E-state index contributed by atoms with van der Waals surface area (Å²) in [6, 6.07) is 171. The molecule has 0 aliphatic rings. The number of para-hydroxylation sites is 2. The number of hydrogen-bond acceptors (Lipinski definition) is 8. The summed E-state index contributed by atoms with van der Waals surface area (Å²) >= 11 is 3.72. The van der Waals surface area contributed by atoms with Crippen LogP contribution in [0, 0.1) is 0 Å². The van der Waals surface area contributed by atoms with Crippen molar-refractivity contribution >= 4 is 107 Å². The van der Waals surface area contributed by atoms with Crippen LogP contribution in [0.3, 0.4) is 0 Å². The molecule has 20 aromatic carbocycles. The molecule has 0 fully saturated rings. The van der Waals surface area contributed by atoms with Gasteiger partial charge in [-0.15, -0.1) is 22.7 Å². The van der Waals surface area contributed by atoms with Crippen LogP contribution in [0.2, 0.25) is 0 Å². The Morgan fingerprint density at radius 3 is 0.801 bits per heavy atom. The van der Waals surface area contributed by atoms with Gasteiger partial charge < -0.3 is 9.13 Å². The van der Waals surface area contributed by atoms with Crippen molar-refractivity contribution in [2.24, 2.45) is 0 Å². The van der Waals surface area contributed by atoms with Gasteiger partial charge in [0.1, 0.15) is 0 Å². The topological polar surface area (TPSA) is 87.2 Å². The van der Waals surface area contributed by atoms with Gasteiger partial charge in [-0.2, -0.15) is 0 Å². The summed E-state index contributed by atoms with van der Waals surface area (Å²) in [6.45, 7) is 0. The van der Waals surface area contributed by atoms with Gasteiger partial charge >= 0.3 is 0 Å². The van der Waals surface area contributed by atoms with Gasteiger partial charge in [0.25, 0.3) is 0 Å². The lowest BCUT2D eigenvalue weighted by atomic mass is 9.90. The Hall–Kier alpha value is -17.5. The molecule has 6 aromatic heterocycles. The molecule has 0 bridgehead atoms. The van der Waals surface area contributed by atoms with Crippen LogP contribution < -0.4 is 0 Å². The summed E-state index contributed by atoms with van der Waals surface area (Å²) in [4.78, 5) is 32.1. The molecule has 26 rings (SSSR count). The van der Waals surface area contributed by atoms with Crippen LogP contribution in [0.15, 0.2) is 473 Å². The summed E-state index contributed by atoms with van der Waals surface area (Å²) in [7, 11) is 0. The summed E-state index contributed by atoms with van der Waals surface area (Å²) in [5, 5.41) is 9.81. The molecule has 10 heteroatoms. The molecular weight excluding hydrogens is 1690 g/mol. The first kappa shape index (κ1) is 79.4. The monoisotopic (exact) mass is 1770 g/mol. The number of rotatable bonds is 17. The first-order valence-corrected chi connectivity index (χ1v) is 47.6. The largest absolute Gasteiger partial charge is 0.308 e. The number of nitrogens with zero attached hydrogens (tertiary/aromatic N) is 8. The summed E-state index contributed by atoms with van der Waals surface area (Å²) in [5.41, 5.74) is 31.5. The minimum absolute atomic E-state index is 0.571. The van der Waals surface area contributed by atoms with E-state index in [2.05, 4.69) is 410 Å². The van der Waals surface area contributed by atoms with Gasteiger partial charge in [0.05, 0.1) is 38.1 Å². The number of benzene rings is 20. The third-order valence-corrected chi connectivity index (χ3v) is 29.0. The van der Waals surface area contributed by atoms with Gasteiger partial charge in [0.15, 0.2) is 34.9 Å². The first-order valence-electron chi connectivity index (χ1n) is 45.9. The predicted octanol–water partition coefficient (Wildman–Crippen LogP) is 34.0. The lowest BCUT2D eigenvalue weighted by molar-refractivity contribution is 1.07. The lowest BCUT2D eigenvalue weighted by Crippen LogP contribution is -2.04. The smallest absolute Gasteiger partial charge is 0.164 e. The standard InChI is InChI=1S/C126H78N8S2/c1-7-27-79(28-8-1)81-55-63-89(64-56-81)105-75-97(125-129-121(93-31-11-3-12-32-93)127-122(130-125)94-33-13-4-14-34-94)76-106(117(105)133-110-44-24-20-41-103(110)115-111(133)73-74-114-116(115)104-42-22-26-46-113(104)135-114)90-67-59-87(60-68-90)85-51-47-83(48-52-85)84-49-53-86(54-50-84)88-61-69-92(70-62-88)108-78-98(126-131-123(95-35-15-5-16-36-95)128-124(132-126)96-37-17-6-18-38-96)77-107(91-65-57-82(58-66-91)80-29-9-2-10-30-80)118(108)134-109-43-23-19-39-99(109)101-71-72-102-100-40-21-25-45-112(100)136-120(102)119(101)134/h1-78H. The van der Waals surface area contributed by atoms with Crippen LogP contribution in [0.4, 0.5) is 0 Å². The van der Waals surface area contributed by atoms with Crippen molar-refractivity contribution in [3.05, 3.63) is 473 Å². The van der Waals surface area contributed by atoms with Crippen LogP contribution in [0.25, 0.3) is 264 Å². The molecule has 0 unspecified atom stereocenters. The van der Waals surface area contributed by atoms with Crippen molar-refractivity contribution in [1.29, 1.82) is 0 Å². The minimum atomic E-state index is 0.571. The van der Waals surface area contributed by atoms with Crippen molar-refractivity contribution in [2.45, 2.75) is 0 Å². The van der Waals surface area contributed by atoms with Crippen LogP contribution in [0.5, 0.6) is 0 Å². The molecule has 0 saturated heterocycles. The fraction of sp³-hybridized carbons (Fsp3) is 0. The van der Waals surface area contributed by atoms with Crippen molar-refractivity contribution < 1.29 is 0 Å². The first-order chi connectivity index (χ1) is 67.4. The highest BCUT2D eigenvalue weighted by Gasteiger charge is 2.29. The van der Waals surface area contributed by atoms with Crippen LogP contribution in [0.1, 0.15) is 0 Å². The molecule has 0 radical (unpaired) electrons. The quantitative estimate of drug-likeness (QED) is 0.0903. The third kappa shape index (κ3) is 14.0. The second kappa shape index (κ2) is 33.4. The van der Waals surface area contributed by atoms with E-state index in [9.17, 15) is 0 Å². The van der Waals surface area contributed by atoms with Crippen LogP contribution >= 0.6 is 22.7 Å². The zero-order valence-corrected chi connectivity index (χ0v) is 75.1. The van der Waals surface area contributed by atoms with E-state index in [1.54, 1.807) is 0 Å².